The van der Waals surface area contributed by atoms with Crippen molar-refractivity contribution in [2.45, 2.75) is 122 Å². The Morgan fingerprint density at radius 1 is 0.824 bits per heavy atom. The molecule has 0 saturated heterocycles. The van der Waals surface area contributed by atoms with E-state index < -0.39 is 15.6 Å². The Balaban J connectivity index is 3.87. The molecular weight excluding hydrogens is 446 g/mol. The van der Waals surface area contributed by atoms with Gasteiger partial charge in [0.1, 0.15) is 0 Å². The van der Waals surface area contributed by atoms with Crippen LogP contribution in [0, 0.1) is 11.3 Å². The molecule has 0 heterocycles. The molecule has 0 fully saturated rings. The Labute approximate surface area is 212 Å². The van der Waals surface area contributed by atoms with Gasteiger partial charge in [-0.1, -0.05) is 90.4 Å². The van der Waals surface area contributed by atoms with Crippen molar-refractivity contribution in [2.75, 3.05) is 46.6 Å². The molecule has 6 nitrogen and oxygen atoms in total. The highest BCUT2D eigenvalue weighted by Gasteiger charge is 2.27. The molecule has 0 aromatic rings. The van der Waals surface area contributed by atoms with Crippen LogP contribution in [-0.2, 0) is 14.8 Å². The van der Waals surface area contributed by atoms with Crippen LogP contribution in [0.4, 0.5) is 0 Å². The summed E-state index contributed by atoms with van der Waals surface area (Å²) >= 11 is 0. The number of quaternary nitrogens is 1. The zero-order valence-corrected chi connectivity index (χ0v) is 24.0. The van der Waals surface area contributed by atoms with Gasteiger partial charge < -0.3 is 9.22 Å². The van der Waals surface area contributed by atoms with Crippen molar-refractivity contribution in [2.24, 2.45) is 0 Å². The lowest BCUT2D eigenvalue weighted by Crippen LogP contribution is -2.44. The van der Waals surface area contributed by atoms with Gasteiger partial charge in [-0.15, -0.1) is 0 Å². The summed E-state index contributed by atoms with van der Waals surface area (Å²) in [5, 5.41) is 9.18. The molecule has 0 aliphatic carbocycles. The maximum absolute atomic E-state index is 12.3. The van der Waals surface area contributed by atoms with E-state index in [1.807, 2.05) is 6.92 Å². The second kappa shape index (κ2) is 19.5. The van der Waals surface area contributed by atoms with E-state index in [4.69, 9.17) is 4.74 Å². The number of hydrogen-bond acceptors (Lipinski definition) is 4. The van der Waals surface area contributed by atoms with Crippen LogP contribution < -0.4 is 4.72 Å². The topological polar surface area (TPSA) is 79.2 Å². The first-order chi connectivity index (χ1) is 16.0. The highest BCUT2D eigenvalue weighted by Crippen LogP contribution is 2.17. The van der Waals surface area contributed by atoms with Crippen LogP contribution in [0.2, 0.25) is 0 Å². The third-order valence-corrected chi connectivity index (χ3v) is 7.72. The summed E-state index contributed by atoms with van der Waals surface area (Å²) in [6.07, 6.45) is 19.1. The normalized spacial score (nSPS) is 14.1. The van der Waals surface area contributed by atoms with Crippen molar-refractivity contribution in [1.82, 2.24) is 4.72 Å². The molecule has 34 heavy (non-hydrogen) atoms. The molecule has 0 radical (unpaired) electrons. The SMILES string of the molecule is CCCCCCCCCCCCCCCCOC(C)(CC#N)CNS(=O)(=O)CCC[N+](C)(C)C. The van der Waals surface area contributed by atoms with Gasteiger partial charge in [0, 0.05) is 19.6 Å². The number of unbranched alkanes of at least 4 members (excludes halogenated alkanes) is 13. The first-order valence-electron chi connectivity index (χ1n) is 13.8. The van der Waals surface area contributed by atoms with E-state index in [1.165, 1.54) is 77.0 Å². The van der Waals surface area contributed by atoms with E-state index in [-0.39, 0.29) is 18.7 Å². The first kappa shape index (κ1) is 33.3. The fourth-order valence-electron chi connectivity index (χ4n) is 4.01. The van der Waals surface area contributed by atoms with Gasteiger partial charge in [0.25, 0.3) is 0 Å². The second-order valence-electron chi connectivity index (χ2n) is 11.2. The Bertz CT molecular complexity index is 626. The fourth-order valence-corrected chi connectivity index (χ4v) is 5.19. The first-order valence-corrected chi connectivity index (χ1v) is 15.5. The van der Waals surface area contributed by atoms with Gasteiger partial charge in [-0.05, 0) is 13.3 Å². The molecule has 0 bridgehead atoms. The molecule has 7 heteroatoms. The van der Waals surface area contributed by atoms with Crippen molar-refractivity contribution in [3.63, 3.8) is 0 Å². The summed E-state index contributed by atoms with van der Waals surface area (Å²) in [5.74, 6) is 0.101. The Morgan fingerprint density at radius 3 is 1.74 bits per heavy atom. The van der Waals surface area contributed by atoms with Gasteiger partial charge in [0.05, 0.1) is 51.5 Å². The molecule has 0 rings (SSSR count). The van der Waals surface area contributed by atoms with Gasteiger partial charge >= 0.3 is 0 Å². The van der Waals surface area contributed by atoms with Crippen molar-refractivity contribution in [3.05, 3.63) is 0 Å². The standard InChI is InChI=1S/C27H56N3O3S/c1-6-7-8-9-10-11-12-13-14-15-16-17-18-19-24-33-27(2,21-22-28)26-29-34(31,32)25-20-23-30(3,4)5/h29H,6-21,23-26H2,1-5H3/q+1. The minimum Gasteiger partial charge on any atom is -0.373 e. The van der Waals surface area contributed by atoms with Gasteiger partial charge in [-0.3, -0.25) is 0 Å². The maximum Gasteiger partial charge on any atom is 0.211 e. The third kappa shape index (κ3) is 21.8. The molecule has 0 saturated carbocycles. The Hall–Kier alpha value is -0.680. The average molecular weight is 503 g/mol. The van der Waals surface area contributed by atoms with E-state index in [9.17, 15) is 13.7 Å². The largest absolute Gasteiger partial charge is 0.373 e. The summed E-state index contributed by atoms with van der Waals surface area (Å²) < 4.78 is 34.0. The van der Waals surface area contributed by atoms with Crippen LogP contribution in [-0.4, -0.2) is 65.1 Å². The van der Waals surface area contributed by atoms with Crippen LogP contribution in [0.5, 0.6) is 0 Å². The van der Waals surface area contributed by atoms with Crippen molar-refractivity contribution >= 4 is 10.0 Å². The number of rotatable bonds is 24. The second-order valence-corrected chi connectivity index (χ2v) is 13.2. The molecule has 1 unspecified atom stereocenters. The zero-order valence-electron chi connectivity index (χ0n) is 23.2. The van der Waals surface area contributed by atoms with E-state index in [2.05, 4.69) is 38.9 Å². The van der Waals surface area contributed by atoms with Crippen molar-refractivity contribution in [1.29, 1.82) is 5.26 Å². The highest BCUT2D eigenvalue weighted by atomic mass is 32.2. The van der Waals surface area contributed by atoms with E-state index in [0.29, 0.717) is 13.0 Å². The predicted molar refractivity (Wildman–Crippen MR) is 144 cm³/mol. The minimum atomic E-state index is -3.36. The fraction of sp³-hybridized carbons (Fsp3) is 0.963. The van der Waals surface area contributed by atoms with Gasteiger partial charge in [-0.2, -0.15) is 5.26 Å². The molecule has 1 atom stereocenters. The number of nitrogens with one attached hydrogen (secondary N) is 1. The molecule has 0 aromatic carbocycles. The van der Waals surface area contributed by atoms with Gasteiger partial charge in [0.15, 0.2) is 0 Å². The summed E-state index contributed by atoms with van der Waals surface area (Å²) in [7, 11) is 2.79. The number of sulfonamides is 1. The van der Waals surface area contributed by atoms with Crippen molar-refractivity contribution < 1.29 is 17.6 Å². The van der Waals surface area contributed by atoms with Crippen LogP contribution in [0.3, 0.4) is 0 Å². The average Bonchev–Trinajstić information content (AvgIpc) is 2.74. The molecule has 0 aliphatic rings. The van der Waals surface area contributed by atoms with Crippen molar-refractivity contribution in [3.8, 4) is 6.07 Å². The molecule has 0 aliphatic heterocycles. The summed E-state index contributed by atoms with van der Waals surface area (Å²) in [6, 6.07) is 2.15. The Morgan fingerprint density at radius 2 is 1.29 bits per heavy atom. The van der Waals surface area contributed by atoms with E-state index >= 15 is 0 Å². The molecule has 1 N–H and O–H groups in total. The summed E-state index contributed by atoms with van der Waals surface area (Å²) in [5.41, 5.74) is -0.779. The predicted octanol–water partition coefficient (Wildman–Crippen LogP) is 6.17. The van der Waals surface area contributed by atoms with Gasteiger partial charge in [0.2, 0.25) is 10.0 Å². The van der Waals surface area contributed by atoms with Gasteiger partial charge in [-0.25, -0.2) is 13.1 Å². The van der Waals surface area contributed by atoms with E-state index in [0.717, 1.165) is 23.9 Å². The zero-order chi connectivity index (χ0) is 25.8. The minimum absolute atomic E-state index is 0.101. The maximum atomic E-state index is 12.3. The molecule has 202 valence electrons. The van der Waals surface area contributed by atoms with E-state index in [1.54, 1.807) is 0 Å². The Kier molecular flexibility index (Phi) is 19.1. The lowest BCUT2D eigenvalue weighted by Gasteiger charge is -2.28. The number of nitrogens with zero attached hydrogens (tertiary/aromatic N) is 2. The number of ether oxygens (including phenoxy) is 1. The highest BCUT2D eigenvalue weighted by molar-refractivity contribution is 7.89. The quantitative estimate of drug-likeness (QED) is 0.126. The third-order valence-electron chi connectivity index (χ3n) is 6.31. The smallest absolute Gasteiger partial charge is 0.211 e. The molecule has 0 amide bonds. The van der Waals surface area contributed by atoms with Crippen LogP contribution in [0.1, 0.15) is 117 Å². The lowest BCUT2D eigenvalue weighted by atomic mass is 10.0. The molecule has 0 aromatic heterocycles. The summed E-state index contributed by atoms with van der Waals surface area (Å²) in [4.78, 5) is 0. The number of nitriles is 1. The monoisotopic (exact) mass is 502 g/mol. The lowest BCUT2D eigenvalue weighted by molar-refractivity contribution is -0.870. The molecular formula is C27H56N3O3S+. The number of hydrogen-bond donors (Lipinski definition) is 1. The van der Waals surface area contributed by atoms with Crippen LogP contribution in [0.25, 0.3) is 0 Å². The van der Waals surface area contributed by atoms with Crippen LogP contribution >= 0.6 is 0 Å². The molecule has 0 spiro atoms. The summed E-state index contributed by atoms with van der Waals surface area (Å²) in [6.45, 7) is 5.61. The van der Waals surface area contributed by atoms with Crippen LogP contribution in [0.15, 0.2) is 0 Å².